The third-order valence-electron chi connectivity index (χ3n) is 2.83. The van der Waals surface area contributed by atoms with Crippen molar-refractivity contribution < 1.29 is 0 Å². The number of nitrogens with two attached hydrogens (primary N) is 1. The zero-order valence-electron chi connectivity index (χ0n) is 9.99. The fourth-order valence-electron chi connectivity index (χ4n) is 1.69. The molecule has 0 amide bonds. The molecule has 0 bridgehead atoms. The first-order chi connectivity index (χ1) is 7.17. The molecule has 0 saturated carbocycles. The van der Waals surface area contributed by atoms with Gasteiger partial charge in [-0.15, -0.1) is 11.3 Å². The van der Waals surface area contributed by atoms with Gasteiger partial charge in [-0.25, -0.2) is 0 Å². The van der Waals surface area contributed by atoms with Gasteiger partial charge in [0.1, 0.15) is 0 Å². The zero-order valence-corrected chi connectivity index (χ0v) is 10.8. The molecule has 3 heteroatoms. The molecule has 86 valence electrons. The third kappa shape index (κ3) is 3.93. The smallest absolute Gasteiger partial charge is 0.0315 e. The van der Waals surface area contributed by atoms with Crippen molar-refractivity contribution in [3.63, 3.8) is 0 Å². The molecule has 1 rings (SSSR count). The molecule has 0 aliphatic carbocycles. The fraction of sp³-hybridized carbons (Fsp3) is 0.667. The number of hydrogen-bond donors (Lipinski definition) is 1. The van der Waals surface area contributed by atoms with Gasteiger partial charge in [-0.1, -0.05) is 13.8 Å². The standard InChI is InChI=1S/C12H22N2S/c1-4-14(5-2)7-6-12(13)11-8-10(3)15-9-11/h8-9,12H,4-7,13H2,1-3H3. The van der Waals surface area contributed by atoms with Crippen molar-refractivity contribution in [2.24, 2.45) is 5.73 Å². The van der Waals surface area contributed by atoms with Crippen LogP contribution in [0.25, 0.3) is 0 Å². The number of hydrogen-bond acceptors (Lipinski definition) is 3. The Hall–Kier alpha value is -0.380. The molecule has 1 heterocycles. The Kier molecular flexibility index (Phi) is 5.29. The van der Waals surface area contributed by atoms with Crippen LogP contribution >= 0.6 is 11.3 Å². The maximum atomic E-state index is 6.15. The minimum absolute atomic E-state index is 0.204. The molecule has 0 fully saturated rings. The Balaban J connectivity index is 2.39. The number of nitrogens with zero attached hydrogens (tertiary/aromatic N) is 1. The predicted molar refractivity (Wildman–Crippen MR) is 68.4 cm³/mol. The Bertz CT molecular complexity index is 279. The quantitative estimate of drug-likeness (QED) is 0.808. The van der Waals surface area contributed by atoms with Gasteiger partial charge >= 0.3 is 0 Å². The van der Waals surface area contributed by atoms with Gasteiger partial charge in [0.25, 0.3) is 0 Å². The van der Waals surface area contributed by atoms with Crippen LogP contribution in [0.2, 0.25) is 0 Å². The third-order valence-corrected chi connectivity index (χ3v) is 3.71. The summed E-state index contributed by atoms with van der Waals surface area (Å²) in [4.78, 5) is 3.77. The summed E-state index contributed by atoms with van der Waals surface area (Å²) in [6.07, 6.45) is 1.05. The average Bonchev–Trinajstić information content (AvgIpc) is 2.66. The fourth-order valence-corrected chi connectivity index (χ4v) is 2.46. The molecule has 0 aliphatic rings. The first-order valence-electron chi connectivity index (χ1n) is 5.70. The van der Waals surface area contributed by atoms with Gasteiger partial charge in [0.15, 0.2) is 0 Å². The van der Waals surface area contributed by atoms with Crippen molar-refractivity contribution in [1.29, 1.82) is 0 Å². The minimum Gasteiger partial charge on any atom is -0.324 e. The minimum atomic E-state index is 0.204. The van der Waals surface area contributed by atoms with E-state index in [2.05, 4.69) is 37.1 Å². The molecule has 0 aromatic carbocycles. The molecule has 1 unspecified atom stereocenters. The lowest BCUT2D eigenvalue weighted by atomic mass is 10.1. The summed E-state index contributed by atoms with van der Waals surface area (Å²) in [5.74, 6) is 0. The van der Waals surface area contributed by atoms with Gasteiger partial charge in [-0.2, -0.15) is 0 Å². The molecule has 0 radical (unpaired) electrons. The molecule has 15 heavy (non-hydrogen) atoms. The lowest BCUT2D eigenvalue weighted by Crippen LogP contribution is -2.26. The van der Waals surface area contributed by atoms with E-state index in [4.69, 9.17) is 5.73 Å². The van der Waals surface area contributed by atoms with Gasteiger partial charge in [0, 0.05) is 10.9 Å². The van der Waals surface area contributed by atoms with Crippen molar-refractivity contribution in [3.8, 4) is 0 Å². The van der Waals surface area contributed by atoms with Crippen LogP contribution in [0.5, 0.6) is 0 Å². The van der Waals surface area contributed by atoms with E-state index in [-0.39, 0.29) is 6.04 Å². The first kappa shape index (κ1) is 12.7. The van der Waals surface area contributed by atoms with Crippen LogP contribution in [-0.2, 0) is 0 Å². The summed E-state index contributed by atoms with van der Waals surface area (Å²) in [5.41, 5.74) is 7.44. The average molecular weight is 226 g/mol. The zero-order chi connectivity index (χ0) is 11.3. The van der Waals surface area contributed by atoms with Gasteiger partial charge in [-0.05, 0) is 50.0 Å². The summed E-state index contributed by atoms with van der Waals surface area (Å²) in [7, 11) is 0. The van der Waals surface area contributed by atoms with E-state index in [0.717, 1.165) is 26.1 Å². The summed E-state index contributed by atoms with van der Waals surface area (Å²) >= 11 is 1.78. The molecule has 1 atom stereocenters. The van der Waals surface area contributed by atoms with Gasteiger partial charge in [0.05, 0.1) is 0 Å². The van der Waals surface area contributed by atoms with E-state index in [1.807, 2.05) is 0 Å². The van der Waals surface area contributed by atoms with Crippen LogP contribution < -0.4 is 5.73 Å². The molecule has 1 aromatic rings. The van der Waals surface area contributed by atoms with Crippen LogP contribution in [0.1, 0.15) is 36.8 Å². The van der Waals surface area contributed by atoms with Gasteiger partial charge in [-0.3, -0.25) is 0 Å². The molecular weight excluding hydrogens is 204 g/mol. The number of aryl methyl sites for hydroxylation is 1. The highest BCUT2D eigenvalue weighted by Gasteiger charge is 2.09. The predicted octanol–water partition coefficient (Wildman–Crippen LogP) is 2.79. The molecule has 0 saturated heterocycles. The van der Waals surface area contributed by atoms with Gasteiger partial charge < -0.3 is 10.6 Å². The van der Waals surface area contributed by atoms with Crippen LogP contribution in [0, 0.1) is 6.92 Å². The summed E-state index contributed by atoms with van der Waals surface area (Å²) < 4.78 is 0. The largest absolute Gasteiger partial charge is 0.324 e. The molecule has 0 aliphatic heterocycles. The van der Waals surface area contributed by atoms with Crippen LogP contribution in [-0.4, -0.2) is 24.5 Å². The van der Waals surface area contributed by atoms with E-state index >= 15 is 0 Å². The second-order valence-corrected chi connectivity index (χ2v) is 5.03. The van der Waals surface area contributed by atoms with Crippen LogP contribution in [0.15, 0.2) is 11.4 Å². The summed E-state index contributed by atoms with van der Waals surface area (Å²) in [5, 5.41) is 2.18. The van der Waals surface area contributed by atoms with Crippen LogP contribution in [0.3, 0.4) is 0 Å². The summed E-state index contributed by atoms with van der Waals surface area (Å²) in [6.45, 7) is 9.86. The first-order valence-corrected chi connectivity index (χ1v) is 6.58. The lowest BCUT2D eigenvalue weighted by molar-refractivity contribution is 0.291. The molecule has 1 aromatic heterocycles. The van der Waals surface area contributed by atoms with Crippen LogP contribution in [0.4, 0.5) is 0 Å². The highest BCUT2D eigenvalue weighted by molar-refractivity contribution is 7.10. The van der Waals surface area contributed by atoms with Crippen molar-refractivity contribution >= 4 is 11.3 Å². The molecule has 0 spiro atoms. The Morgan fingerprint density at radius 1 is 1.40 bits per heavy atom. The van der Waals surface area contributed by atoms with E-state index in [1.54, 1.807) is 11.3 Å². The summed E-state index contributed by atoms with van der Waals surface area (Å²) in [6, 6.07) is 2.41. The Morgan fingerprint density at radius 3 is 2.53 bits per heavy atom. The SMILES string of the molecule is CCN(CC)CCC(N)c1csc(C)c1. The Labute approximate surface area is 97.1 Å². The van der Waals surface area contributed by atoms with Crippen molar-refractivity contribution in [3.05, 3.63) is 21.9 Å². The molecule has 2 nitrogen and oxygen atoms in total. The van der Waals surface area contributed by atoms with Crippen molar-refractivity contribution in [2.75, 3.05) is 19.6 Å². The number of thiophene rings is 1. The topological polar surface area (TPSA) is 29.3 Å². The lowest BCUT2D eigenvalue weighted by Gasteiger charge is -2.20. The second-order valence-electron chi connectivity index (χ2n) is 3.91. The van der Waals surface area contributed by atoms with E-state index < -0.39 is 0 Å². The second kappa shape index (κ2) is 6.26. The molecular formula is C12H22N2S. The van der Waals surface area contributed by atoms with Crippen molar-refractivity contribution in [2.45, 2.75) is 33.2 Å². The monoisotopic (exact) mass is 226 g/mol. The van der Waals surface area contributed by atoms with Crippen molar-refractivity contribution in [1.82, 2.24) is 4.90 Å². The number of rotatable bonds is 6. The highest BCUT2D eigenvalue weighted by atomic mass is 32.1. The maximum Gasteiger partial charge on any atom is 0.0315 e. The van der Waals surface area contributed by atoms with E-state index in [9.17, 15) is 0 Å². The van der Waals surface area contributed by atoms with E-state index in [1.165, 1.54) is 10.4 Å². The normalized spacial score (nSPS) is 13.4. The highest BCUT2D eigenvalue weighted by Crippen LogP contribution is 2.20. The maximum absolute atomic E-state index is 6.15. The molecule has 2 N–H and O–H groups in total. The van der Waals surface area contributed by atoms with E-state index in [0.29, 0.717) is 0 Å². The van der Waals surface area contributed by atoms with Gasteiger partial charge in [0.2, 0.25) is 0 Å². The Morgan fingerprint density at radius 2 is 2.07 bits per heavy atom.